The van der Waals surface area contributed by atoms with Crippen molar-refractivity contribution in [3.63, 3.8) is 0 Å². The molecular weight excluding hydrogens is 297 g/mol. The normalized spacial score (nSPS) is 17.8. The van der Waals surface area contributed by atoms with E-state index in [0.717, 1.165) is 0 Å². The molecule has 1 aromatic rings. The smallest absolute Gasteiger partial charge is 0.237 e. The Morgan fingerprint density at radius 3 is 2.75 bits per heavy atom. The van der Waals surface area contributed by atoms with Crippen LogP contribution in [0.25, 0.3) is 0 Å². The molecule has 1 fully saturated rings. The lowest BCUT2D eigenvalue weighted by atomic mass is 10.0. The van der Waals surface area contributed by atoms with E-state index in [2.05, 4.69) is 5.32 Å². The maximum Gasteiger partial charge on any atom is 0.237 e. The SMILES string of the molecule is CC(SC1CCCCC1)C(=O)Nc1ccc(Cl)cc1F. The molecule has 1 saturated carbocycles. The summed E-state index contributed by atoms with van der Waals surface area (Å²) < 4.78 is 13.6. The van der Waals surface area contributed by atoms with Gasteiger partial charge in [-0.2, -0.15) is 0 Å². The molecule has 0 saturated heterocycles. The number of hydrogen-bond acceptors (Lipinski definition) is 2. The first-order chi connectivity index (χ1) is 9.56. The van der Waals surface area contributed by atoms with E-state index in [1.807, 2.05) is 6.92 Å². The van der Waals surface area contributed by atoms with Crippen molar-refractivity contribution in [3.05, 3.63) is 29.0 Å². The van der Waals surface area contributed by atoms with Gasteiger partial charge in [0, 0.05) is 10.3 Å². The van der Waals surface area contributed by atoms with Crippen molar-refractivity contribution in [3.8, 4) is 0 Å². The van der Waals surface area contributed by atoms with Crippen molar-refractivity contribution in [1.29, 1.82) is 0 Å². The van der Waals surface area contributed by atoms with Gasteiger partial charge >= 0.3 is 0 Å². The highest BCUT2D eigenvalue weighted by atomic mass is 35.5. The van der Waals surface area contributed by atoms with Gasteiger partial charge in [-0.15, -0.1) is 11.8 Å². The van der Waals surface area contributed by atoms with Crippen LogP contribution in [0.3, 0.4) is 0 Å². The first-order valence-electron chi connectivity index (χ1n) is 6.97. The van der Waals surface area contributed by atoms with Gasteiger partial charge in [-0.25, -0.2) is 4.39 Å². The molecule has 0 bridgehead atoms. The van der Waals surface area contributed by atoms with E-state index >= 15 is 0 Å². The van der Waals surface area contributed by atoms with Crippen molar-refractivity contribution in [2.45, 2.75) is 49.5 Å². The summed E-state index contributed by atoms with van der Waals surface area (Å²) in [4.78, 5) is 12.1. The van der Waals surface area contributed by atoms with Gasteiger partial charge in [-0.1, -0.05) is 30.9 Å². The number of hydrogen-bond donors (Lipinski definition) is 1. The number of amides is 1. The van der Waals surface area contributed by atoms with E-state index < -0.39 is 5.82 Å². The highest BCUT2D eigenvalue weighted by Gasteiger charge is 2.22. The summed E-state index contributed by atoms with van der Waals surface area (Å²) in [7, 11) is 0. The second-order valence-corrected chi connectivity index (χ2v) is 7.23. The summed E-state index contributed by atoms with van der Waals surface area (Å²) in [6.07, 6.45) is 6.15. The lowest BCUT2D eigenvalue weighted by molar-refractivity contribution is -0.115. The van der Waals surface area contributed by atoms with Gasteiger partial charge in [-0.05, 0) is 38.0 Å². The first kappa shape index (κ1) is 15.6. The van der Waals surface area contributed by atoms with Crippen molar-refractivity contribution in [2.75, 3.05) is 5.32 Å². The number of rotatable bonds is 4. The summed E-state index contributed by atoms with van der Waals surface area (Å²) >= 11 is 7.38. The van der Waals surface area contributed by atoms with Gasteiger partial charge in [-0.3, -0.25) is 4.79 Å². The summed E-state index contributed by atoms with van der Waals surface area (Å²) in [6, 6.07) is 4.27. The standard InChI is InChI=1S/C15H19ClFNOS/c1-10(20-12-5-3-2-4-6-12)15(19)18-14-8-7-11(16)9-13(14)17/h7-10,12H,2-6H2,1H3,(H,18,19). The van der Waals surface area contributed by atoms with Crippen LogP contribution in [0.1, 0.15) is 39.0 Å². The molecule has 1 N–H and O–H groups in total. The fourth-order valence-electron chi connectivity index (χ4n) is 2.38. The summed E-state index contributed by atoms with van der Waals surface area (Å²) in [6.45, 7) is 1.88. The van der Waals surface area contributed by atoms with Crippen LogP contribution in [0.5, 0.6) is 0 Å². The molecule has 110 valence electrons. The largest absolute Gasteiger partial charge is 0.323 e. The van der Waals surface area contributed by atoms with Crippen LogP contribution in [0, 0.1) is 5.82 Å². The van der Waals surface area contributed by atoms with E-state index in [9.17, 15) is 9.18 Å². The third-order valence-electron chi connectivity index (χ3n) is 3.51. The quantitative estimate of drug-likeness (QED) is 0.858. The fourth-order valence-corrected chi connectivity index (χ4v) is 3.90. The van der Waals surface area contributed by atoms with E-state index in [4.69, 9.17) is 11.6 Å². The maximum atomic E-state index is 13.6. The predicted molar refractivity (Wildman–Crippen MR) is 84.0 cm³/mol. The van der Waals surface area contributed by atoms with E-state index in [-0.39, 0.29) is 16.8 Å². The molecule has 1 aliphatic carbocycles. The average molecular weight is 316 g/mol. The Morgan fingerprint density at radius 2 is 2.10 bits per heavy atom. The van der Waals surface area contributed by atoms with Crippen LogP contribution in [0.4, 0.5) is 10.1 Å². The predicted octanol–water partition coefficient (Wildman–Crippen LogP) is 4.87. The van der Waals surface area contributed by atoms with Gasteiger partial charge in [0.15, 0.2) is 0 Å². The Morgan fingerprint density at radius 1 is 1.40 bits per heavy atom. The molecule has 1 aromatic carbocycles. The van der Waals surface area contributed by atoms with Crippen LogP contribution in [-0.2, 0) is 4.79 Å². The number of carbonyl (C=O) groups is 1. The van der Waals surface area contributed by atoms with E-state index in [0.29, 0.717) is 10.3 Å². The summed E-state index contributed by atoms with van der Waals surface area (Å²) in [5.41, 5.74) is 0.190. The molecule has 2 rings (SSSR count). The molecule has 1 unspecified atom stereocenters. The van der Waals surface area contributed by atoms with E-state index in [1.54, 1.807) is 17.8 Å². The van der Waals surface area contributed by atoms with Gasteiger partial charge < -0.3 is 5.32 Å². The minimum absolute atomic E-state index is 0.151. The minimum Gasteiger partial charge on any atom is -0.323 e. The zero-order valence-corrected chi connectivity index (χ0v) is 13.1. The van der Waals surface area contributed by atoms with Crippen molar-refractivity contribution < 1.29 is 9.18 Å². The molecule has 5 heteroatoms. The maximum absolute atomic E-state index is 13.6. The molecule has 1 atom stereocenters. The van der Waals surface area contributed by atoms with Crippen molar-refractivity contribution in [2.24, 2.45) is 0 Å². The first-order valence-corrected chi connectivity index (χ1v) is 8.29. The van der Waals surface area contributed by atoms with E-state index in [1.165, 1.54) is 44.2 Å². The molecule has 2 nitrogen and oxygen atoms in total. The van der Waals surface area contributed by atoms with Crippen LogP contribution in [0.15, 0.2) is 18.2 Å². The Kier molecular flexibility index (Phi) is 5.73. The number of carbonyl (C=O) groups excluding carboxylic acids is 1. The fraction of sp³-hybridized carbons (Fsp3) is 0.533. The third kappa shape index (κ3) is 4.38. The number of benzene rings is 1. The molecule has 0 aliphatic heterocycles. The zero-order valence-electron chi connectivity index (χ0n) is 11.5. The highest BCUT2D eigenvalue weighted by molar-refractivity contribution is 8.01. The van der Waals surface area contributed by atoms with Gasteiger partial charge in [0.05, 0.1) is 10.9 Å². The van der Waals surface area contributed by atoms with Crippen molar-refractivity contribution >= 4 is 35.0 Å². The Bertz CT molecular complexity index is 477. The molecule has 20 heavy (non-hydrogen) atoms. The molecule has 1 aliphatic rings. The van der Waals surface area contributed by atoms with Gasteiger partial charge in [0.2, 0.25) is 5.91 Å². The van der Waals surface area contributed by atoms with Gasteiger partial charge in [0.25, 0.3) is 0 Å². The number of nitrogens with one attached hydrogen (secondary N) is 1. The average Bonchev–Trinajstić information content (AvgIpc) is 2.43. The Balaban J connectivity index is 1.89. The third-order valence-corrected chi connectivity index (χ3v) is 5.22. The summed E-state index contributed by atoms with van der Waals surface area (Å²) in [5.74, 6) is -0.650. The number of thioether (sulfide) groups is 1. The van der Waals surface area contributed by atoms with Crippen LogP contribution >= 0.6 is 23.4 Å². The molecular formula is C15H19ClFNOS. The Labute approximate surface area is 128 Å². The second kappa shape index (κ2) is 7.32. The summed E-state index contributed by atoms with van der Waals surface area (Å²) in [5, 5.41) is 3.34. The molecule has 0 aromatic heterocycles. The van der Waals surface area contributed by atoms with Crippen LogP contribution < -0.4 is 5.32 Å². The minimum atomic E-state index is -0.499. The zero-order chi connectivity index (χ0) is 14.5. The number of anilines is 1. The monoisotopic (exact) mass is 315 g/mol. The highest BCUT2D eigenvalue weighted by Crippen LogP contribution is 2.31. The molecule has 1 amide bonds. The molecule has 0 spiro atoms. The topological polar surface area (TPSA) is 29.1 Å². The number of halogens is 2. The van der Waals surface area contributed by atoms with Crippen molar-refractivity contribution in [1.82, 2.24) is 0 Å². The Hall–Kier alpha value is -0.740. The lowest BCUT2D eigenvalue weighted by Gasteiger charge is -2.23. The molecule has 0 radical (unpaired) electrons. The lowest BCUT2D eigenvalue weighted by Crippen LogP contribution is -2.25. The van der Waals surface area contributed by atoms with Gasteiger partial charge in [0.1, 0.15) is 5.82 Å². The van der Waals surface area contributed by atoms with Crippen LogP contribution in [-0.4, -0.2) is 16.4 Å². The second-order valence-electron chi connectivity index (χ2n) is 5.15. The molecule has 0 heterocycles. The van der Waals surface area contributed by atoms with Crippen LogP contribution in [0.2, 0.25) is 5.02 Å².